The lowest BCUT2D eigenvalue weighted by Crippen LogP contribution is -2.53. The summed E-state index contributed by atoms with van der Waals surface area (Å²) in [6, 6.07) is 9.88. The van der Waals surface area contributed by atoms with Crippen LogP contribution >= 0.6 is 11.6 Å². The maximum Gasteiger partial charge on any atom is 0.407 e. The van der Waals surface area contributed by atoms with Crippen LogP contribution in [-0.4, -0.2) is 53.8 Å². The normalized spacial score (nSPS) is 22.8. The molecule has 2 rings (SSSR count). The number of aliphatic hydroxyl groups excluding tert-OH is 1. The van der Waals surface area contributed by atoms with Crippen molar-refractivity contribution in [1.29, 1.82) is 0 Å². The largest absolute Gasteiger partial charge is 0.448 e. The Bertz CT molecular complexity index is 444. The SMILES string of the molecule is O=C(N[C@H]1CCN(Cc2ccccc2)C[C@H]1O)OCCCl. The molecule has 0 aliphatic carbocycles. The van der Waals surface area contributed by atoms with Crippen LogP contribution in [0.1, 0.15) is 12.0 Å². The van der Waals surface area contributed by atoms with Gasteiger partial charge >= 0.3 is 6.09 Å². The van der Waals surface area contributed by atoms with Crippen LogP contribution in [0.3, 0.4) is 0 Å². The van der Waals surface area contributed by atoms with Crippen molar-refractivity contribution in [1.82, 2.24) is 10.2 Å². The molecule has 1 aromatic rings. The number of rotatable bonds is 5. The quantitative estimate of drug-likeness (QED) is 0.811. The number of halogens is 1. The number of hydrogen-bond donors (Lipinski definition) is 2. The molecule has 0 spiro atoms. The number of alkyl halides is 1. The minimum Gasteiger partial charge on any atom is -0.448 e. The smallest absolute Gasteiger partial charge is 0.407 e. The van der Waals surface area contributed by atoms with Crippen LogP contribution in [0.15, 0.2) is 30.3 Å². The van der Waals surface area contributed by atoms with Crippen molar-refractivity contribution in [3.05, 3.63) is 35.9 Å². The van der Waals surface area contributed by atoms with Crippen molar-refractivity contribution < 1.29 is 14.6 Å². The van der Waals surface area contributed by atoms with E-state index in [0.717, 1.165) is 13.1 Å². The highest BCUT2D eigenvalue weighted by atomic mass is 35.5. The molecular formula is C15H21ClN2O3. The summed E-state index contributed by atoms with van der Waals surface area (Å²) in [7, 11) is 0. The number of benzene rings is 1. The maximum atomic E-state index is 11.5. The Kier molecular flexibility index (Phi) is 6.29. The molecule has 1 heterocycles. The summed E-state index contributed by atoms with van der Waals surface area (Å²) in [4.78, 5) is 13.7. The highest BCUT2D eigenvalue weighted by Gasteiger charge is 2.29. The van der Waals surface area contributed by atoms with Gasteiger partial charge in [-0.25, -0.2) is 4.79 Å². The van der Waals surface area contributed by atoms with Crippen LogP contribution in [0.5, 0.6) is 0 Å². The number of carbonyl (C=O) groups excluding carboxylic acids is 1. The number of carbonyl (C=O) groups is 1. The lowest BCUT2D eigenvalue weighted by molar-refractivity contribution is 0.0349. The van der Waals surface area contributed by atoms with E-state index in [4.69, 9.17) is 16.3 Å². The van der Waals surface area contributed by atoms with Gasteiger partial charge in [-0.05, 0) is 12.0 Å². The molecule has 1 aromatic carbocycles. The number of likely N-dealkylation sites (tertiary alicyclic amines) is 1. The van der Waals surface area contributed by atoms with Crippen LogP contribution in [0.4, 0.5) is 4.79 Å². The minimum absolute atomic E-state index is 0.177. The average molecular weight is 313 g/mol. The van der Waals surface area contributed by atoms with Gasteiger partial charge in [-0.3, -0.25) is 4.90 Å². The van der Waals surface area contributed by atoms with Gasteiger partial charge in [0.25, 0.3) is 0 Å². The third kappa shape index (κ3) is 5.19. The molecule has 0 unspecified atom stereocenters. The van der Waals surface area contributed by atoms with Gasteiger partial charge in [0.15, 0.2) is 0 Å². The molecule has 1 amide bonds. The van der Waals surface area contributed by atoms with Crippen molar-refractivity contribution in [2.24, 2.45) is 0 Å². The van der Waals surface area contributed by atoms with Gasteiger partial charge < -0.3 is 15.2 Å². The Morgan fingerprint density at radius 2 is 2.19 bits per heavy atom. The first-order chi connectivity index (χ1) is 10.2. The number of nitrogens with one attached hydrogen (secondary N) is 1. The first kappa shape index (κ1) is 16.1. The predicted octanol–water partition coefficient (Wildman–Crippen LogP) is 1.59. The van der Waals surface area contributed by atoms with E-state index in [0.29, 0.717) is 13.0 Å². The summed E-state index contributed by atoms with van der Waals surface area (Å²) >= 11 is 5.45. The molecule has 2 N–H and O–H groups in total. The number of piperidine rings is 1. The van der Waals surface area contributed by atoms with Gasteiger partial charge in [0, 0.05) is 19.6 Å². The van der Waals surface area contributed by atoms with E-state index in [2.05, 4.69) is 22.3 Å². The minimum atomic E-state index is -0.592. The second kappa shape index (κ2) is 8.22. The molecule has 0 radical (unpaired) electrons. The summed E-state index contributed by atoms with van der Waals surface area (Å²) in [5.41, 5.74) is 1.22. The molecule has 0 bridgehead atoms. The Hall–Kier alpha value is -1.30. The fourth-order valence-electron chi connectivity index (χ4n) is 2.48. The second-order valence-corrected chi connectivity index (χ2v) is 5.53. The second-order valence-electron chi connectivity index (χ2n) is 5.15. The molecule has 5 nitrogen and oxygen atoms in total. The van der Waals surface area contributed by atoms with Gasteiger partial charge in [-0.2, -0.15) is 0 Å². The van der Waals surface area contributed by atoms with E-state index >= 15 is 0 Å². The number of aliphatic hydroxyl groups is 1. The summed E-state index contributed by atoms with van der Waals surface area (Å²) in [6.45, 7) is 2.35. The maximum absolute atomic E-state index is 11.5. The molecule has 6 heteroatoms. The molecule has 1 saturated heterocycles. The Morgan fingerprint density at radius 3 is 2.86 bits per heavy atom. The standard InChI is InChI=1S/C15H21ClN2O3/c16-7-9-21-15(20)17-13-6-8-18(11-14(13)19)10-12-4-2-1-3-5-12/h1-5,13-14,19H,6-11H2,(H,17,20)/t13-,14+/m0/s1. The molecule has 116 valence electrons. The van der Waals surface area contributed by atoms with Crippen LogP contribution in [0, 0.1) is 0 Å². The molecule has 0 aromatic heterocycles. The zero-order chi connectivity index (χ0) is 15.1. The monoisotopic (exact) mass is 312 g/mol. The lowest BCUT2D eigenvalue weighted by Gasteiger charge is -2.36. The number of amides is 1. The molecule has 0 saturated carbocycles. The van der Waals surface area contributed by atoms with E-state index < -0.39 is 12.2 Å². The first-order valence-corrected chi connectivity index (χ1v) is 7.66. The van der Waals surface area contributed by atoms with E-state index in [9.17, 15) is 9.90 Å². The molecule has 1 aliphatic rings. The van der Waals surface area contributed by atoms with E-state index in [1.54, 1.807) is 0 Å². The third-order valence-electron chi connectivity index (χ3n) is 3.53. The summed E-state index contributed by atoms with van der Waals surface area (Å²) in [6.07, 6.45) is -0.411. The third-order valence-corrected chi connectivity index (χ3v) is 3.68. The van der Waals surface area contributed by atoms with Crippen LogP contribution in [0.25, 0.3) is 0 Å². The van der Waals surface area contributed by atoms with Gasteiger partial charge in [0.2, 0.25) is 0 Å². The number of nitrogens with zero attached hydrogens (tertiary/aromatic N) is 1. The molecule has 1 aliphatic heterocycles. The highest BCUT2D eigenvalue weighted by molar-refractivity contribution is 6.18. The van der Waals surface area contributed by atoms with Crippen LogP contribution in [-0.2, 0) is 11.3 Å². The average Bonchev–Trinajstić information content (AvgIpc) is 2.49. The van der Waals surface area contributed by atoms with Crippen molar-refractivity contribution in [3.63, 3.8) is 0 Å². The van der Waals surface area contributed by atoms with Crippen molar-refractivity contribution >= 4 is 17.7 Å². The zero-order valence-corrected chi connectivity index (χ0v) is 12.6. The Balaban J connectivity index is 1.78. The number of ether oxygens (including phenoxy) is 1. The number of hydrogen-bond acceptors (Lipinski definition) is 4. The first-order valence-electron chi connectivity index (χ1n) is 7.12. The van der Waals surface area contributed by atoms with E-state index in [-0.39, 0.29) is 18.5 Å². The Labute approximate surface area is 129 Å². The zero-order valence-electron chi connectivity index (χ0n) is 11.9. The van der Waals surface area contributed by atoms with Gasteiger partial charge in [0.1, 0.15) is 6.61 Å². The predicted molar refractivity (Wildman–Crippen MR) is 81.3 cm³/mol. The van der Waals surface area contributed by atoms with Gasteiger partial charge in [0.05, 0.1) is 18.0 Å². The molecule has 21 heavy (non-hydrogen) atoms. The van der Waals surface area contributed by atoms with Crippen LogP contribution in [0.2, 0.25) is 0 Å². The van der Waals surface area contributed by atoms with Crippen molar-refractivity contribution in [3.8, 4) is 0 Å². The number of β-amino-alcohol motifs (C(OH)–C–C–N with tert-alkyl or cyclic N) is 1. The van der Waals surface area contributed by atoms with Gasteiger partial charge in [-0.1, -0.05) is 30.3 Å². The fraction of sp³-hybridized carbons (Fsp3) is 0.533. The highest BCUT2D eigenvalue weighted by Crippen LogP contribution is 2.14. The lowest BCUT2D eigenvalue weighted by atomic mass is 10.0. The molecule has 2 atom stereocenters. The summed E-state index contributed by atoms with van der Waals surface area (Å²) in [5.74, 6) is 0.269. The van der Waals surface area contributed by atoms with Gasteiger partial charge in [-0.15, -0.1) is 11.6 Å². The van der Waals surface area contributed by atoms with Crippen molar-refractivity contribution in [2.75, 3.05) is 25.6 Å². The van der Waals surface area contributed by atoms with Crippen molar-refractivity contribution in [2.45, 2.75) is 25.1 Å². The summed E-state index contributed by atoms with van der Waals surface area (Å²) < 4.78 is 4.86. The summed E-state index contributed by atoms with van der Waals surface area (Å²) in [5, 5.41) is 12.8. The fourth-order valence-corrected chi connectivity index (χ4v) is 2.55. The molecular weight excluding hydrogens is 292 g/mol. The Morgan fingerprint density at radius 1 is 1.43 bits per heavy atom. The topological polar surface area (TPSA) is 61.8 Å². The van der Waals surface area contributed by atoms with E-state index in [1.807, 2.05) is 18.2 Å². The number of alkyl carbamates (subject to hydrolysis) is 1. The molecule has 1 fully saturated rings. The van der Waals surface area contributed by atoms with E-state index in [1.165, 1.54) is 5.56 Å². The van der Waals surface area contributed by atoms with Crippen LogP contribution < -0.4 is 5.32 Å².